The van der Waals surface area contributed by atoms with Crippen molar-refractivity contribution in [3.8, 4) is 11.5 Å². The molecule has 3 aromatic rings. The number of nitrogens with zero attached hydrogens (tertiary/aromatic N) is 3. The summed E-state index contributed by atoms with van der Waals surface area (Å²) in [4.78, 5) is 31.5. The Morgan fingerprint density at radius 1 is 0.913 bits per heavy atom. The van der Waals surface area contributed by atoms with Gasteiger partial charge in [-0.2, -0.15) is 5.10 Å². The number of carbonyl (C=O) groups excluding carboxylic acids is 2. The molecule has 0 aromatic heterocycles. The number of methoxy groups -OCH3 is 1. The van der Waals surface area contributed by atoms with Crippen LogP contribution < -0.4 is 20.2 Å². The number of hydrogen-bond donors (Lipinski definition) is 2. The van der Waals surface area contributed by atoms with E-state index >= 15 is 0 Å². The van der Waals surface area contributed by atoms with E-state index in [0.717, 1.165) is 62.4 Å². The van der Waals surface area contributed by atoms with Gasteiger partial charge in [-0.15, -0.1) is 0 Å². The second-order valence-electron chi connectivity index (χ2n) is 11.9. The van der Waals surface area contributed by atoms with Crippen LogP contribution in [-0.2, 0) is 6.54 Å². The summed E-state index contributed by atoms with van der Waals surface area (Å²) < 4.78 is 11.3. The Labute approximate surface area is 274 Å². The third-order valence-corrected chi connectivity index (χ3v) is 8.52. The largest absolute Gasteiger partial charge is 0.497 e. The van der Waals surface area contributed by atoms with Gasteiger partial charge in [0, 0.05) is 25.2 Å². The molecule has 0 atom stereocenters. The van der Waals surface area contributed by atoms with E-state index in [1.807, 2.05) is 42.5 Å². The normalized spacial score (nSPS) is 13.7. The summed E-state index contributed by atoms with van der Waals surface area (Å²) in [5.74, 6) is 1.09. The van der Waals surface area contributed by atoms with Crippen molar-refractivity contribution in [2.24, 2.45) is 11.0 Å². The molecule has 1 fully saturated rings. The van der Waals surface area contributed by atoms with Gasteiger partial charge in [-0.25, -0.2) is 5.43 Å². The Balaban J connectivity index is 1.46. The van der Waals surface area contributed by atoms with Crippen molar-refractivity contribution in [3.05, 3.63) is 89.0 Å². The number of amides is 2. The van der Waals surface area contributed by atoms with Crippen molar-refractivity contribution in [2.75, 3.05) is 52.3 Å². The van der Waals surface area contributed by atoms with Crippen molar-refractivity contribution in [1.29, 1.82) is 0 Å². The molecule has 1 aliphatic carbocycles. The first kappa shape index (κ1) is 34.7. The van der Waals surface area contributed by atoms with Crippen LogP contribution in [0.15, 0.2) is 71.8 Å². The molecule has 46 heavy (non-hydrogen) atoms. The molecule has 2 N–H and O–H groups in total. The molecule has 9 nitrogen and oxygen atoms in total. The number of nitrogens with one attached hydrogen (secondary N) is 2. The highest BCUT2D eigenvalue weighted by molar-refractivity contribution is 6.09. The second kappa shape index (κ2) is 18.1. The fourth-order valence-corrected chi connectivity index (χ4v) is 5.64. The summed E-state index contributed by atoms with van der Waals surface area (Å²) >= 11 is 0. The summed E-state index contributed by atoms with van der Waals surface area (Å²) in [5.41, 5.74) is 5.64. The average Bonchev–Trinajstić information content (AvgIpc) is 3.09. The number of carbonyl (C=O) groups is 2. The van der Waals surface area contributed by atoms with E-state index in [0.29, 0.717) is 29.5 Å². The first-order valence-electron chi connectivity index (χ1n) is 16.4. The van der Waals surface area contributed by atoms with Crippen molar-refractivity contribution < 1.29 is 19.1 Å². The van der Waals surface area contributed by atoms with Gasteiger partial charge in [0.1, 0.15) is 11.5 Å². The molecule has 0 heterocycles. The van der Waals surface area contributed by atoms with Gasteiger partial charge in [0.15, 0.2) is 0 Å². The molecule has 0 radical (unpaired) electrons. The monoisotopic (exact) mass is 627 g/mol. The standard InChI is InChI=1S/C37H49N5O4/c1-5-42(6-2)22-21-41(3)26-30-13-10-14-31(23-30)36(43)39-35-20-19-33(46-27-29-11-8-7-9-12-29)24-34(35)37(44)40-38-25-28-15-17-32(45-4)18-16-28/h10,13-20,23-25,29H,5-9,11-12,21-22,26-27H2,1-4H3,(H,39,43)(H,40,44). The van der Waals surface area contributed by atoms with Gasteiger partial charge in [-0.1, -0.05) is 45.2 Å². The number of ether oxygens (including phenoxy) is 2. The zero-order valence-electron chi connectivity index (χ0n) is 27.8. The molecule has 2 amide bonds. The molecule has 1 saturated carbocycles. The molecule has 3 aromatic carbocycles. The Kier molecular flexibility index (Phi) is 13.6. The molecule has 4 rings (SSSR count). The molecule has 0 unspecified atom stereocenters. The van der Waals surface area contributed by atoms with Crippen LogP contribution in [0.5, 0.6) is 11.5 Å². The fourth-order valence-electron chi connectivity index (χ4n) is 5.64. The molecule has 0 spiro atoms. The highest BCUT2D eigenvalue weighted by atomic mass is 16.5. The van der Waals surface area contributed by atoms with Crippen molar-refractivity contribution >= 4 is 23.7 Å². The van der Waals surface area contributed by atoms with Gasteiger partial charge in [-0.05, 0) is 105 Å². The first-order chi connectivity index (χ1) is 22.4. The Bertz CT molecular complexity index is 1430. The van der Waals surface area contributed by atoms with Crippen LogP contribution in [0.1, 0.15) is 77.8 Å². The van der Waals surface area contributed by atoms with E-state index in [1.165, 1.54) is 19.3 Å². The van der Waals surface area contributed by atoms with Gasteiger partial charge in [0.2, 0.25) is 0 Å². The third kappa shape index (κ3) is 10.7. The van der Waals surface area contributed by atoms with Crippen LogP contribution >= 0.6 is 0 Å². The minimum atomic E-state index is -0.452. The lowest BCUT2D eigenvalue weighted by molar-refractivity contribution is 0.0955. The zero-order chi connectivity index (χ0) is 32.7. The van der Waals surface area contributed by atoms with Crippen LogP contribution in [0.4, 0.5) is 5.69 Å². The number of benzene rings is 3. The van der Waals surface area contributed by atoms with Crippen LogP contribution in [-0.4, -0.2) is 74.8 Å². The molecule has 1 aliphatic rings. The van der Waals surface area contributed by atoms with E-state index < -0.39 is 5.91 Å². The van der Waals surface area contributed by atoms with E-state index in [-0.39, 0.29) is 11.5 Å². The molecular weight excluding hydrogens is 578 g/mol. The smallest absolute Gasteiger partial charge is 0.273 e. The number of rotatable bonds is 16. The number of likely N-dealkylation sites (N-methyl/N-ethyl adjacent to an activating group) is 2. The summed E-state index contributed by atoms with van der Waals surface area (Å²) in [6.45, 7) is 9.69. The summed E-state index contributed by atoms with van der Waals surface area (Å²) in [6.07, 6.45) is 7.62. The summed E-state index contributed by atoms with van der Waals surface area (Å²) in [6, 6.07) is 20.2. The molecular formula is C37H49N5O4. The maximum Gasteiger partial charge on any atom is 0.273 e. The van der Waals surface area contributed by atoms with Crippen molar-refractivity contribution in [1.82, 2.24) is 15.2 Å². The van der Waals surface area contributed by atoms with Gasteiger partial charge in [0.25, 0.3) is 11.8 Å². The molecule has 0 saturated heterocycles. The van der Waals surface area contributed by atoms with E-state index in [9.17, 15) is 9.59 Å². The molecule has 9 heteroatoms. The van der Waals surface area contributed by atoms with E-state index in [4.69, 9.17) is 9.47 Å². The Morgan fingerprint density at radius 2 is 1.65 bits per heavy atom. The van der Waals surface area contributed by atoms with Crippen molar-refractivity contribution in [2.45, 2.75) is 52.5 Å². The first-order valence-corrected chi connectivity index (χ1v) is 16.4. The quantitative estimate of drug-likeness (QED) is 0.140. The SMILES string of the molecule is CCN(CC)CCN(C)Cc1cccc(C(=O)Nc2ccc(OCC3CCCCC3)cc2C(=O)NN=Cc2ccc(OC)cc2)c1. The Hall–Kier alpha value is -4.21. The maximum atomic E-state index is 13.5. The van der Waals surface area contributed by atoms with Crippen molar-refractivity contribution in [3.63, 3.8) is 0 Å². The minimum absolute atomic E-state index is 0.272. The number of hydrogen-bond acceptors (Lipinski definition) is 7. The average molecular weight is 628 g/mol. The van der Waals surface area contributed by atoms with Gasteiger partial charge in [0.05, 0.1) is 31.2 Å². The third-order valence-electron chi connectivity index (χ3n) is 8.52. The topological polar surface area (TPSA) is 95.5 Å². The fraction of sp³-hybridized carbons (Fsp3) is 0.432. The zero-order valence-corrected chi connectivity index (χ0v) is 27.8. The molecule has 0 aliphatic heterocycles. The lowest BCUT2D eigenvalue weighted by Crippen LogP contribution is -2.32. The highest BCUT2D eigenvalue weighted by Crippen LogP contribution is 2.27. The van der Waals surface area contributed by atoms with Gasteiger partial charge < -0.3 is 24.6 Å². The van der Waals surface area contributed by atoms with Crippen LogP contribution in [0, 0.1) is 5.92 Å². The number of anilines is 1. The van der Waals surface area contributed by atoms with Crippen LogP contribution in [0.3, 0.4) is 0 Å². The van der Waals surface area contributed by atoms with E-state index in [1.54, 1.807) is 37.6 Å². The summed E-state index contributed by atoms with van der Waals surface area (Å²) in [7, 11) is 3.70. The predicted molar refractivity (Wildman–Crippen MR) is 185 cm³/mol. The second-order valence-corrected chi connectivity index (χ2v) is 11.9. The summed E-state index contributed by atoms with van der Waals surface area (Å²) in [5, 5.41) is 7.11. The highest BCUT2D eigenvalue weighted by Gasteiger charge is 2.18. The lowest BCUT2D eigenvalue weighted by atomic mass is 9.90. The van der Waals surface area contributed by atoms with Gasteiger partial charge >= 0.3 is 0 Å². The minimum Gasteiger partial charge on any atom is -0.497 e. The van der Waals surface area contributed by atoms with Gasteiger partial charge in [-0.3, -0.25) is 9.59 Å². The maximum absolute atomic E-state index is 13.5. The number of hydrazone groups is 1. The lowest BCUT2D eigenvalue weighted by Gasteiger charge is -2.23. The molecule has 246 valence electrons. The van der Waals surface area contributed by atoms with Crippen LogP contribution in [0.2, 0.25) is 0 Å². The van der Waals surface area contributed by atoms with E-state index in [2.05, 4.69) is 46.5 Å². The van der Waals surface area contributed by atoms with Crippen LogP contribution in [0.25, 0.3) is 0 Å². The molecule has 0 bridgehead atoms. The Morgan fingerprint density at radius 3 is 2.37 bits per heavy atom. The predicted octanol–water partition coefficient (Wildman–Crippen LogP) is 6.44.